The van der Waals surface area contributed by atoms with Gasteiger partial charge in [-0.25, -0.2) is 0 Å². The molecule has 1 saturated carbocycles. The van der Waals surface area contributed by atoms with Crippen molar-refractivity contribution in [3.05, 3.63) is 29.3 Å². The molecule has 1 fully saturated rings. The first-order chi connectivity index (χ1) is 9.24. The molecule has 0 aliphatic heterocycles. The van der Waals surface area contributed by atoms with Crippen LogP contribution < -0.4 is 10.5 Å². The maximum Gasteiger partial charge on any atom is 0.170 e. The van der Waals surface area contributed by atoms with Gasteiger partial charge in [0.1, 0.15) is 5.75 Å². The van der Waals surface area contributed by atoms with Crippen molar-refractivity contribution in [2.45, 2.75) is 36.7 Å². The number of hydrogen-bond donors (Lipinski definition) is 2. The van der Waals surface area contributed by atoms with Gasteiger partial charge in [0, 0.05) is 22.1 Å². The predicted molar refractivity (Wildman–Crippen MR) is 79.1 cm³/mol. The number of hydrogen-bond acceptors (Lipinski definition) is 4. The molecule has 0 amide bonds. The van der Waals surface area contributed by atoms with Gasteiger partial charge in [-0.3, -0.25) is 0 Å². The second kappa shape index (κ2) is 6.70. The molecule has 104 valence electrons. The topological polar surface area (TPSA) is 67.8 Å². The van der Waals surface area contributed by atoms with E-state index in [1.54, 1.807) is 13.2 Å². The van der Waals surface area contributed by atoms with Gasteiger partial charge in [-0.05, 0) is 31.0 Å². The number of amidine groups is 1. The lowest BCUT2D eigenvalue weighted by Gasteiger charge is -2.13. The lowest BCUT2D eigenvalue weighted by atomic mass is 10.1. The van der Waals surface area contributed by atoms with Crippen molar-refractivity contribution in [2.75, 3.05) is 7.11 Å². The van der Waals surface area contributed by atoms with Gasteiger partial charge in [-0.2, -0.15) is 11.8 Å². The van der Waals surface area contributed by atoms with E-state index < -0.39 is 0 Å². The molecule has 0 radical (unpaired) electrons. The van der Waals surface area contributed by atoms with Crippen LogP contribution in [0.1, 0.15) is 36.8 Å². The van der Waals surface area contributed by atoms with Crippen LogP contribution in [0.25, 0.3) is 0 Å². The zero-order chi connectivity index (χ0) is 13.7. The fourth-order valence-corrected chi connectivity index (χ4v) is 3.68. The molecule has 1 aromatic carbocycles. The van der Waals surface area contributed by atoms with Gasteiger partial charge < -0.3 is 15.7 Å². The number of methoxy groups -OCH3 is 1. The van der Waals surface area contributed by atoms with Crippen LogP contribution in [0.4, 0.5) is 0 Å². The van der Waals surface area contributed by atoms with Crippen molar-refractivity contribution >= 4 is 17.6 Å². The first-order valence-corrected chi connectivity index (χ1v) is 7.56. The van der Waals surface area contributed by atoms with Crippen LogP contribution in [0, 0.1) is 0 Å². The smallest absolute Gasteiger partial charge is 0.170 e. The van der Waals surface area contributed by atoms with Crippen LogP contribution in [0.15, 0.2) is 23.4 Å². The fraction of sp³-hybridized carbons (Fsp3) is 0.500. The summed E-state index contributed by atoms with van der Waals surface area (Å²) in [6, 6.07) is 5.62. The molecule has 4 nitrogen and oxygen atoms in total. The molecule has 5 heteroatoms. The van der Waals surface area contributed by atoms with E-state index in [2.05, 4.69) is 5.16 Å². The maximum absolute atomic E-state index is 8.73. The molecule has 0 heterocycles. The Morgan fingerprint density at radius 3 is 2.84 bits per heavy atom. The van der Waals surface area contributed by atoms with Crippen molar-refractivity contribution in [1.82, 2.24) is 0 Å². The summed E-state index contributed by atoms with van der Waals surface area (Å²) in [6.45, 7) is 0. The highest BCUT2D eigenvalue weighted by Crippen LogP contribution is 2.33. The summed E-state index contributed by atoms with van der Waals surface area (Å²) in [5.41, 5.74) is 7.45. The monoisotopic (exact) mass is 280 g/mol. The number of benzene rings is 1. The van der Waals surface area contributed by atoms with Crippen LogP contribution >= 0.6 is 11.8 Å². The van der Waals surface area contributed by atoms with E-state index in [0.717, 1.165) is 27.9 Å². The fourth-order valence-electron chi connectivity index (χ4n) is 2.37. The summed E-state index contributed by atoms with van der Waals surface area (Å²) < 4.78 is 5.37. The molecule has 0 saturated heterocycles. The largest absolute Gasteiger partial charge is 0.496 e. The summed E-state index contributed by atoms with van der Waals surface area (Å²) in [4.78, 5) is 0. The third kappa shape index (κ3) is 3.56. The van der Waals surface area contributed by atoms with E-state index in [1.165, 1.54) is 25.7 Å². The van der Waals surface area contributed by atoms with Gasteiger partial charge in [0.15, 0.2) is 5.84 Å². The van der Waals surface area contributed by atoms with E-state index in [9.17, 15) is 0 Å². The number of nitrogens with zero attached hydrogens (tertiary/aromatic N) is 1. The number of thioether (sulfide) groups is 1. The van der Waals surface area contributed by atoms with E-state index in [1.807, 2.05) is 23.9 Å². The molecule has 1 aliphatic carbocycles. The van der Waals surface area contributed by atoms with E-state index >= 15 is 0 Å². The van der Waals surface area contributed by atoms with Gasteiger partial charge in [0.2, 0.25) is 0 Å². The Balaban J connectivity index is 2.11. The molecule has 0 unspecified atom stereocenters. The number of rotatable bonds is 5. The Kier molecular flexibility index (Phi) is 4.96. The zero-order valence-electron chi connectivity index (χ0n) is 11.1. The minimum atomic E-state index is 0.134. The summed E-state index contributed by atoms with van der Waals surface area (Å²) in [5.74, 6) is 1.90. The molecule has 0 bridgehead atoms. The van der Waals surface area contributed by atoms with Gasteiger partial charge in [-0.1, -0.05) is 18.0 Å². The molecule has 1 aromatic rings. The summed E-state index contributed by atoms with van der Waals surface area (Å²) in [7, 11) is 1.67. The van der Waals surface area contributed by atoms with E-state index in [4.69, 9.17) is 15.7 Å². The van der Waals surface area contributed by atoms with Crippen LogP contribution in [-0.4, -0.2) is 23.4 Å². The lowest BCUT2D eigenvalue weighted by molar-refractivity contribution is 0.318. The minimum Gasteiger partial charge on any atom is -0.496 e. The average molecular weight is 280 g/mol. The number of nitrogens with two attached hydrogens (primary N) is 1. The van der Waals surface area contributed by atoms with E-state index in [-0.39, 0.29) is 5.84 Å². The zero-order valence-corrected chi connectivity index (χ0v) is 11.9. The lowest BCUT2D eigenvalue weighted by Crippen LogP contribution is -2.13. The Bertz CT molecular complexity index is 457. The highest BCUT2D eigenvalue weighted by molar-refractivity contribution is 7.99. The van der Waals surface area contributed by atoms with Crippen LogP contribution in [0.5, 0.6) is 5.75 Å². The van der Waals surface area contributed by atoms with Crippen LogP contribution in [0.2, 0.25) is 0 Å². The first kappa shape index (κ1) is 14.1. The molecule has 19 heavy (non-hydrogen) atoms. The summed E-state index contributed by atoms with van der Waals surface area (Å²) in [5, 5.41) is 12.5. The van der Waals surface area contributed by atoms with Crippen molar-refractivity contribution < 1.29 is 9.94 Å². The van der Waals surface area contributed by atoms with Crippen molar-refractivity contribution in [3.8, 4) is 5.75 Å². The second-order valence-corrected chi connectivity index (χ2v) is 6.02. The number of oxime groups is 1. The molecule has 3 N–H and O–H groups in total. The molecular weight excluding hydrogens is 260 g/mol. The standard InChI is InChI=1S/C14H20N2O2S/c1-18-13-7-6-10(14(15)16-17)8-11(13)9-19-12-4-2-3-5-12/h6-8,12,17H,2-5,9H2,1H3,(H2,15,16). The van der Waals surface area contributed by atoms with Crippen LogP contribution in [-0.2, 0) is 5.75 Å². The Hall–Kier alpha value is -1.36. The van der Waals surface area contributed by atoms with E-state index in [0.29, 0.717) is 0 Å². The van der Waals surface area contributed by atoms with Gasteiger partial charge in [0.05, 0.1) is 7.11 Å². The number of ether oxygens (including phenoxy) is 1. The van der Waals surface area contributed by atoms with Crippen molar-refractivity contribution in [1.29, 1.82) is 0 Å². The molecular formula is C14H20N2O2S. The summed E-state index contributed by atoms with van der Waals surface area (Å²) in [6.07, 6.45) is 5.32. The molecule has 0 aromatic heterocycles. The summed E-state index contributed by atoms with van der Waals surface area (Å²) >= 11 is 1.97. The van der Waals surface area contributed by atoms with Crippen molar-refractivity contribution in [3.63, 3.8) is 0 Å². The molecule has 2 rings (SSSR count). The molecule has 0 atom stereocenters. The first-order valence-electron chi connectivity index (χ1n) is 6.51. The minimum absolute atomic E-state index is 0.134. The quantitative estimate of drug-likeness (QED) is 0.376. The third-order valence-electron chi connectivity index (χ3n) is 3.46. The highest BCUT2D eigenvalue weighted by atomic mass is 32.2. The normalized spacial score (nSPS) is 16.8. The highest BCUT2D eigenvalue weighted by Gasteiger charge is 2.16. The van der Waals surface area contributed by atoms with Crippen LogP contribution in [0.3, 0.4) is 0 Å². The predicted octanol–water partition coefficient (Wildman–Crippen LogP) is 2.97. The Morgan fingerprint density at radius 2 is 2.21 bits per heavy atom. The van der Waals surface area contributed by atoms with Crippen molar-refractivity contribution in [2.24, 2.45) is 10.9 Å². The Labute approximate surface area is 118 Å². The SMILES string of the molecule is COc1ccc(/C(N)=N/O)cc1CSC1CCCC1. The average Bonchev–Trinajstić information content (AvgIpc) is 2.97. The van der Waals surface area contributed by atoms with Gasteiger partial charge in [0.25, 0.3) is 0 Å². The maximum atomic E-state index is 8.73. The third-order valence-corrected chi connectivity index (χ3v) is 4.88. The molecule has 1 aliphatic rings. The van der Waals surface area contributed by atoms with Gasteiger partial charge >= 0.3 is 0 Å². The second-order valence-electron chi connectivity index (χ2n) is 4.73. The molecule has 0 spiro atoms. The van der Waals surface area contributed by atoms with Gasteiger partial charge in [-0.15, -0.1) is 0 Å². The Morgan fingerprint density at radius 1 is 1.47 bits per heavy atom.